The van der Waals surface area contributed by atoms with Crippen LogP contribution in [0.5, 0.6) is 0 Å². The van der Waals surface area contributed by atoms with E-state index in [9.17, 15) is 19.2 Å². The average molecular weight is 828 g/mol. The standard InChI is InChI=1S/C47H89NO10/c1-6-11-14-17-20-21-22-23-24-25-28-31-36-53-46(51)56-40-42(41-57-47(52)54-37-32-35-48(9-4)10-5)39-55-44(49)38-45(50)58-43(33-29-26-18-15-12-7-2)34-30-27-19-16-13-8-3/h42-43H,6-41H2,1-5H3. The minimum absolute atomic E-state index is 0.206. The van der Waals surface area contributed by atoms with Crippen molar-refractivity contribution >= 4 is 24.2 Å². The van der Waals surface area contributed by atoms with Crippen LogP contribution in [0.3, 0.4) is 0 Å². The first-order chi connectivity index (χ1) is 28.3. The lowest BCUT2D eigenvalue weighted by atomic mass is 10.0. The molecule has 0 aromatic carbocycles. The normalized spacial score (nSPS) is 11.8. The first-order valence-corrected chi connectivity index (χ1v) is 24.0. The molecule has 0 N–H and O–H groups in total. The van der Waals surface area contributed by atoms with Gasteiger partial charge in [0.2, 0.25) is 0 Å². The van der Waals surface area contributed by atoms with E-state index in [4.69, 9.17) is 28.4 Å². The van der Waals surface area contributed by atoms with Crippen LogP contribution in [0.2, 0.25) is 0 Å². The van der Waals surface area contributed by atoms with Gasteiger partial charge in [-0.25, -0.2) is 9.59 Å². The Morgan fingerprint density at radius 2 is 0.793 bits per heavy atom. The number of esters is 2. The Labute approximate surface area is 355 Å². The van der Waals surface area contributed by atoms with Crippen LogP contribution in [0.1, 0.15) is 214 Å². The maximum atomic E-state index is 12.9. The minimum Gasteiger partial charge on any atom is -0.465 e. The van der Waals surface area contributed by atoms with E-state index >= 15 is 0 Å². The Balaban J connectivity index is 4.86. The van der Waals surface area contributed by atoms with Crippen molar-refractivity contribution in [1.29, 1.82) is 0 Å². The molecule has 0 aliphatic rings. The predicted molar refractivity (Wildman–Crippen MR) is 233 cm³/mol. The van der Waals surface area contributed by atoms with Gasteiger partial charge in [0.25, 0.3) is 0 Å². The smallest absolute Gasteiger partial charge is 0.465 e. The zero-order chi connectivity index (χ0) is 42.7. The SMILES string of the molecule is CCCCCCCCCCCCCCOC(=O)OCC(COC(=O)CC(=O)OC(CCCCCCCC)CCCCCCCC)COC(=O)OCCCN(CC)CC. The largest absolute Gasteiger partial charge is 0.508 e. The highest BCUT2D eigenvalue weighted by Crippen LogP contribution is 2.18. The summed E-state index contributed by atoms with van der Waals surface area (Å²) in [6.45, 7) is 13.3. The Morgan fingerprint density at radius 1 is 0.414 bits per heavy atom. The topological polar surface area (TPSA) is 127 Å². The summed E-state index contributed by atoms with van der Waals surface area (Å²) in [5.41, 5.74) is 0. The second-order valence-electron chi connectivity index (χ2n) is 16.0. The van der Waals surface area contributed by atoms with Gasteiger partial charge < -0.3 is 33.3 Å². The van der Waals surface area contributed by atoms with E-state index < -0.39 is 36.6 Å². The lowest BCUT2D eigenvalue weighted by molar-refractivity contribution is -0.159. The van der Waals surface area contributed by atoms with Crippen LogP contribution in [0, 0.1) is 5.92 Å². The van der Waals surface area contributed by atoms with Gasteiger partial charge in [0.15, 0.2) is 0 Å². The van der Waals surface area contributed by atoms with Crippen LogP contribution in [0.25, 0.3) is 0 Å². The van der Waals surface area contributed by atoms with Crippen molar-refractivity contribution < 1.29 is 47.6 Å². The summed E-state index contributed by atoms with van der Waals surface area (Å²) in [5.74, 6) is -2.04. The van der Waals surface area contributed by atoms with Gasteiger partial charge in [-0.15, -0.1) is 0 Å². The molecule has 0 bridgehead atoms. The third-order valence-electron chi connectivity index (χ3n) is 10.7. The van der Waals surface area contributed by atoms with Crippen LogP contribution in [0.4, 0.5) is 9.59 Å². The molecule has 0 heterocycles. The summed E-state index contributed by atoms with van der Waals surface area (Å²) >= 11 is 0. The molecule has 0 fully saturated rings. The maximum Gasteiger partial charge on any atom is 0.508 e. The van der Waals surface area contributed by atoms with Gasteiger partial charge in [0.05, 0.1) is 19.1 Å². The number of rotatable bonds is 42. The molecule has 0 saturated carbocycles. The van der Waals surface area contributed by atoms with Crippen molar-refractivity contribution in [3.05, 3.63) is 0 Å². The van der Waals surface area contributed by atoms with Gasteiger partial charge in [-0.05, 0) is 51.6 Å². The highest BCUT2D eigenvalue weighted by Gasteiger charge is 2.22. The molecule has 0 saturated heterocycles. The van der Waals surface area contributed by atoms with Crippen molar-refractivity contribution in [2.45, 2.75) is 221 Å². The summed E-state index contributed by atoms with van der Waals surface area (Å²) in [6.07, 6.45) is 28.2. The molecule has 0 aromatic heterocycles. The third kappa shape index (κ3) is 37.7. The molecule has 0 radical (unpaired) electrons. The van der Waals surface area contributed by atoms with Crippen molar-refractivity contribution in [2.75, 3.05) is 52.7 Å². The summed E-state index contributed by atoms with van der Waals surface area (Å²) < 4.78 is 32.3. The Bertz CT molecular complexity index is 944. The Hall–Kier alpha value is -2.56. The van der Waals surface area contributed by atoms with E-state index in [0.29, 0.717) is 6.42 Å². The Kier molecular flexibility index (Phi) is 40.7. The van der Waals surface area contributed by atoms with E-state index in [1.165, 1.54) is 109 Å². The number of carbonyl (C=O) groups is 4. The van der Waals surface area contributed by atoms with Gasteiger partial charge >= 0.3 is 24.2 Å². The molecule has 0 aliphatic heterocycles. The van der Waals surface area contributed by atoms with Gasteiger partial charge in [0.1, 0.15) is 32.3 Å². The third-order valence-corrected chi connectivity index (χ3v) is 10.7. The number of hydrogen-bond acceptors (Lipinski definition) is 11. The number of unbranched alkanes of at least 4 members (excludes halogenated alkanes) is 21. The molecule has 11 nitrogen and oxygen atoms in total. The molecule has 1 unspecified atom stereocenters. The van der Waals surface area contributed by atoms with Gasteiger partial charge in [0, 0.05) is 6.54 Å². The van der Waals surface area contributed by atoms with Crippen LogP contribution in [-0.4, -0.2) is 87.9 Å². The fraction of sp³-hybridized carbons (Fsp3) is 0.915. The fourth-order valence-electron chi connectivity index (χ4n) is 6.86. The highest BCUT2D eigenvalue weighted by atomic mass is 16.7. The molecule has 0 aliphatic carbocycles. The zero-order valence-corrected chi connectivity index (χ0v) is 38.1. The summed E-state index contributed by atoms with van der Waals surface area (Å²) in [5, 5.41) is 0. The number of nitrogens with zero attached hydrogens (tertiary/aromatic N) is 1. The zero-order valence-electron chi connectivity index (χ0n) is 38.1. The van der Waals surface area contributed by atoms with Crippen molar-refractivity contribution in [3.63, 3.8) is 0 Å². The van der Waals surface area contributed by atoms with E-state index in [2.05, 4.69) is 39.5 Å². The van der Waals surface area contributed by atoms with E-state index in [1.54, 1.807) is 0 Å². The maximum absolute atomic E-state index is 12.9. The quantitative estimate of drug-likeness (QED) is 0.0252. The van der Waals surface area contributed by atoms with Crippen molar-refractivity contribution in [2.24, 2.45) is 5.92 Å². The lowest BCUT2D eigenvalue weighted by Gasteiger charge is -2.19. The predicted octanol–water partition coefficient (Wildman–Crippen LogP) is 12.7. The van der Waals surface area contributed by atoms with E-state index in [0.717, 1.165) is 77.4 Å². The molecular weight excluding hydrogens is 739 g/mol. The van der Waals surface area contributed by atoms with Gasteiger partial charge in [-0.3, -0.25) is 9.59 Å². The monoisotopic (exact) mass is 828 g/mol. The molecule has 1 atom stereocenters. The molecule has 0 amide bonds. The highest BCUT2D eigenvalue weighted by molar-refractivity contribution is 5.91. The van der Waals surface area contributed by atoms with Crippen LogP contribution in [0.15, 0.2) is 0 Å². The van der Waals surface area contributed by atoms with Crippen molar-refractivity contribution in [1.82, 2.24) is 4.90 Å². The molecule has 0 rings (SSSR count). The Morgan fingerprint density at radius 3 is 1.22 bits per heavy atom. The van der Waals surface area contributed by atoms with Gasteiger partial charge in [-0.1, -0.05) is 169 Å². The van der Waals surface area contributed by atoms with E-state index in [-0.39, 0.29) is 39.1 Å². The molecule has 0 spiro atoms. The molecule has 342 valence electrons. The minimum atomic E-state index is -0.851. The molecule has 0 aromatic rings. The van der Waals surface area contributed by atoms with Crippen LogP contribution in [-0.2, 0) is 38.0 Å². The first-order valence-electron chi connectivity index (χ1n) is 24.0. The van der Waals surface area contributed by atoms with Crippen molar-refractivity contribution in [3.8, 4) is 0 Å². The lowest BCUT2D eigenvalue weighted by Crippen LogP contribution is -2.28. The average Bonchev–Trinajstić information content (AvgIpc) is 3.21. The summed E-state index contributed by atoms with van der Waals surface area (Å²) in [7, 11) is 0. The summed E-state index contributed by atoms with van der Waals surface area (Å²) in [4.78, 5) is 52.6. The first kappa shape index (κ1) is 55.4. The second kappa shape index (κ2) is 42.6. The number of ether oxygens (including phenoxy) is 6. The molecular formula is C47H89NO10. The number of hydrogen-bond donors (Lipinski definition) is 0. The molecule has 58 heavy (non-hydrogen) atoms. The summed E-state index contributed by atoms with van der Waals surface area (Å²) in [6, 6.07) is 0. The fourth-order valence-corrected chi connectivity index (χ4v) is 6.86. The van der Waals surface area contributed by atoms with Gasteiger partial charge in [-0.2, -0.15) is 0 Å². The second-order valence-corrected chi connectivity index (χ2v) is 16.0. The molecule has 11 heteroatoms. The van der Waals surface area contributed by atoms with Crippen LogP contribution >= 0.6 is 0 Å². The number of carbonyl (C=O) groups excluding carboxylic acids is 4. The van der Waals surface area contributed by atoms with Crippen LogP contribution < -0.4 is 0 Å². The van der Waals surface area contributed by atoms with E-state index in [1.807, 2.05) is 0 Å².